The van der Waals surface area contributed by atoms with Crippen molar-refractivity contribution in [2.75, 3.05) is 11.5 Å². The number of hydrogen-bond acceptors (Lipinski definition) is 3. The van der Waals surface area contributed by atoms with Crippen LogP contribution in [0.15, 0.2) is 54.6 Å². The van der Waals surface area contributed by atoms with Gasteiger partial charge in [-0.1, -0.05) is 42.5 Å². The zero-order chi connectivity index (χ0) is 18.1. The van der Waals surface area contributed by atoms with Gasteiger partial charge in [-0.15, -0.1) is 0 Å². The Labute approximate surface area is 153 Å². The second-order valence-corrected chi connectivity index (χ2v) is 6.70. The SMILES string of the molecule is CC(=O)N1c2ccccc2C(=O)C1OC/C=C1\CCCc2ccccc21. The third kappa shape index (κ3) is 2.86. The van der Waals surface area contributed by atoms with Gasteiger partial charge in [-0.2, -0.15) is 0 Å². The van der Waals surface area contributed by atoms with Gasteiger partial charge in [-0.25, -0.2) is 0 Å². The summed E-state index contributed by atoms with van der Waals surface area (Å²) in [6.07, 6.45) is 4.40. The minimum absolute atomic E-state index is 0.154. The summed E-state index contributed by atoms with van der Waals surface area (Å²) in [4.78, 5) is 26.2. The molecule has 132 valence electrons. The first-order valence-corrected chi connectivity index (χ1v) is 8.99. The van der Waals surface area contributed by atoms with Crippen molar-refractivity contribution < 1.29 is 14.3 Å². The molecular weight excluding hydrogens is 326 g/mol. The smallest absolute Gasteiger partial charge is 0.226 e. The van der Waals surface area contributed by atoms with E-state index in [4.69, 9.17) is 4.74 Å². The number of carbonyl (C=O) groups is 2. The third-order valence-electron chi connectivity index (χ3n) is 5.07. The predicted octanol–water partition coefficient (Wildman–Crippen LogP) is 4.00. The number of amides is 1. The highest BCUT2D eigenvalue weighted by Crippen LogP contribution is 2.33. The maximum Gasteiger partial charge on any atom is 0.226 e. The molecule has 4 heteroatoms. The molecule has 1 unspecified atom stereocenters. The van der Waals surface area contributed by atoms with Crippen LogP contribution < -0.4 is 4.90 Å². The van der Waals surface area contributed by atoms with Crippen molar-refractivity contribution in [2.24, 2.45) is 0 Å². The van der Waals surface area contributed by atoms with Crippen LogP contribution in [0.5, 0.6) is 0 Å². The normalized spacial score (nSPS) is 20.2. The Hall–Kier alpha value is -2.72. The van der Waals surface area contributed by atoms with Crippen LogP contribution in [0.2, 0.25) is 0 Å². The largest absolute Gasteiger partial charge is 0.346 e. The van der Waals surface area contributed by atoms with Crippen molar-refractivity contribution in [3.63, 3.8) is 0 Å². The number of anilines is 1. The van der Waals surface area contributed by atoms with E-state index in [9.17, 15) is 9.59 Å². The number of rotatable bonds is 3. The number of benzene rings is 2. The zero-order valence-electron chi connectivity index (χ0n) is 14.8. The van der Waals surface area contributed by atoms with E-state index >= 15 is 0 Å². The molecule has 2 aromatic carbocycles. The molecule has 1 aliphatic heterocycles. The summed E-state index contributed by atoms with van der Waals surface area (Å²) >= 11 is 0. The minimum atomic E-state index is -0.874. The van der Waals surface area contributed by atoms with Crippen molar-refractivity contribution in [2.45, 2.75) is 32.4 Å². The van der Waals surface area contributed by atoms with Gasteiger partial charge in [0, 0.05) is 12.5 Å². The molecule has 0 radical (unpaired) electrons. The van der Waals surface area contributed by atoms with Crippen molar-refractivity contribution in [1.82, 2.24) is 0 Å². The van der Waals surface area contributed by atoms with Crippen LogP contribution in [0.3, 0.4) is 0 Å². The molecule has 0 bridgehead atoms. The molecule has 1 heterocycles. The molecule has 0 saturated carbocycles. The Morgan fingerprint density at radius 3 is 2.65 bits per heavy atom. The van der Waals surface area contributed by atoms with Gasteiger partial charge in [0.15, 0.2) is 0 Å². The van der Waals surface area contributed by atoms with Gasteiger partial charge in [0.05, 0.1) is 12.3 Å². The van der Waals surface area contributed by atoms with Gasteiger partial charge in [0.25, 0.3) is 0 Å². The minimum Gasteiger partial charge on any atom is -0.346 e. The molecule has 1 amide bonds. The molecule has 2 aliphatic rings. The lowest BCUT2D eigenvalue weighted by Gasteiger charge is -2.23. The topological polar surface area (TPSA) is 46.6 Å². The first kappa shape index (κ1) is 16.7. The Morgan fingerprint density at radius 2 is 1.85 bits per heavy atom. The standard InChI is InChI=1S/C22H21NO3/c1-15(24)23-20-12-5-4-11-19(20)21(25)22(23)26-14-13-17-9-6-8-16-7-2-3-10-18(16)17/h2-5,7,10-13,22H,6,8-9,14H2,1H3/b17-13+. The molecule has 0 fully saturated rings. The van der Waals surface area contributed by atoms with E-state index in [2.05, 4.69) is 18.2 Å². The molecule has 0 aromatic heterocycles. The van der Waals surface area contributed by atoms with E-state index < -0.39 is 6.23 Å². The summed E-state index contributed by atoms with van der Waals surface area (Å²) in [6, 6.07) is 15.6. The number of fused-ring (bicyclic) bond motifs is 2. The Morgan fingerprint density at radius 1 is 1.12 bits per heavy atom. The fraction of sp³-hybridized carbons (Fsp3) is 0.273. The highest BCUT2D eigenvalue weighted by molar-refractivity contribution is 6.16. The third-order valence-corrected chi connectivity index (χ3v) is 5.07. The number of hydrogen-bond donors (Lipinski definition) is 0. The van der Waals surface area contributed by atoms with Crippen molar-refractivity contribution in [3.8, 4) is 0 Å². The van der Waals surface area contributed by atoms with Crippen molar-refractivity contribution in [1.29, 1.82) is 0 Å². The van der Waals surface area contributed by atoms with Gasteiger partial charge in [0.2, 0.25) is 17.9 Å². The molecule has 0 spiro atoms. The van der Waals surface area contributed by atoms with E-state index in [1.807, 2.05) is 18.2 Å². The number of Topliss-reactive ketones (excluding diaryl/α,β-unsaturated/α-hetero) is 1. The molecule has 1 atom stereocenters. The molecule has 26 heavy (non-hydrogen) atoms. The van der Waals surface area contributed by atoms with E-state index in [0.29, 0.717) is 17.9 Å². The van der Waals surface area contributed by atoms with Crippen LogP contribution in [0.1, 0.15) is 41.3 Å². The van der Waals surface area contributed by atoms with Crippen LogP contribution in [-0.4, -0.2) is 24.5 Å². The average molecular weight is 347 g/mol. The Bertz CT molecular complexity index is 900. The van der Waals surface area contributed by atoms with Gasteiger partial charge in [-0.3, -0.25) is 14.5 Å². The van der Waals surface area contributed by atoms with E-state index in [-0.39, 0.29) is 11.7 Å². The number of para-hydroxylation sites is 1. The maximum atomic E-state index is 12.7. The average Bonchev–Trinajstić information content (AvgIpc) is 2.94. The summed E-state index contributed by atoms with van der Waals surface area (Å²) < 4.78 is 5.87. The molecule has 0 saturated heterocycles. The number of ether oxygens (including phenoxy) is 1. The van der Waals surface area contributed by atoms with Crippen LogP contribution in [0, 0.1) is 0 Å². The summed E-state index contributed by atoms with van der Waals surface area (Å²) in [5.41, 5.74) is 5.06. The summed E-state index contributed by atoms with van der Waals surface area (Å²) in [7, 11) is 0. The van der Waals surface area contributed by atoms with Gasteiger partial charge < -0.3 is 4.74 Å². The fourth-order valence-electron chi connectivity index (χ4n) is 3.86. The Kier molecular flexibility index (Phi) is 4.43. The van der Waals surface area contributed by atoms with Crippen molar-refractivity contribution in [3.05, 3.63) is 71.3 Å². The number of aryl methyl sites for hydroxylation is 1. The molecule has 1 aliphatic carbocycles. The number of nitrogens with zero attached hydrogens (tertiary/aromatic N) is 1. The predicted molar refractivity (Wildman–Crippen MR) is 101 cm³/mol. The van der Waals surface area contributed by atoms with Crippen LogP contribution in [0.25, 0.3) is 5.57 Å². The van der Waals surface area contributed by atoms with E-state index in [1.54, 1.807) is 18.2 Å². The molecule has 4 nitrogen and oxygen atoms in total. The number of carbonyl (C=O) groups excluding carboxylic acids is 2. The van der Waals surface area contributed by atoms with Gasteiger partial charge in [-0.05, 0) is 48.1 Å². The van der Waals surface area contributed by atoms with Crippen molar-refractivity contribution >= 4 is 23.0 Å². The lowest BCUT2D eigenvalue weighted by atomic mass is 9.87. The summed E-state index contributed by atoms with van der Waals surface area (Å²) in [5.74, 6) is -0.345. The summed E-state index contributed by atoms with van der Waals surface area (Å²) in [5, 5.41) is 0. The highest BCUT2D eigenvalue weighted by atomic mass is 16.5. The fourth-order valence-corrected chi connectivity index (χ4v) is 3.86. The number of ketones is 1. The molecule has 4 rings (SSSR count). The molecule has 0 N–H and O–H groups in total. The zero-order valence-corrected chi connectivity index (χ0v) is 14.8. The van der Waals surface area contributed by atoms with Crippen LogP contribution >= 0.6 is 0 Å². The molecular formula is C22H21NO3. The highest BCUT2D eigenvalue weighted by Gasteiger charge is 2.39. The first-order chi connectivity index (χ1) is 12.7. The van der Waals surface area contributed by atoms with E-state index in [1.165, 1.54) is 28.5 Å². The Balaban J connectivity index is 1.54. The lowest BCUT2D eigenvalue weighted by Crippen LogP contribution is -2.40. The quantitative estimate of drug-likeness (QED) is 0.843. The monoisotopic (exact) mass is 347 g/mol. The maximum absolute atomic E-state index is 12.7. The summed E-state index contributed by atoms with van der Waals surface area (Å²) in [6.45, 7) is 1.76. The van der Waals surface area contributed by atoms with E-state index in [0.717, 1.165) is 19.3 Å². The van der Waals surface area contributed by atoms with Gasteiger partial charge in [0.1, 0.15) is 0 Å². The van der Waals surface area contributed by atoms with Gasteiger partial charge >= 0.3 is 0 Å². The number of allylic oxidation sites excluding steroid dienone is 1. The first-order valence-electron chi connectivity index (χ1n) is 8.99. The molecule has 2 aromatic rings. The second kappa shape index (κ2) is 6.89. The van der Waals surface area contributed by atoms with Crippen LogP contribution in [-0.2, 0) is 16.0 Å². The second-order valence-electron chi connectivity index (χ2n) is 6.70. The van der Waals surface area contributed by atoms with Crippen LogP contribution in [0.4, 0.5) is 5.69 Å². The lowest BCUT2D eigenvalue weighted by molar-refractivity contribution is -0.118.